The van der Waals surface area contributed by atoms with Crippen LogP contribution in [0.25, 0.3) is 11.3 Å². The van der Waals surface area contributed by atoms with Crippen molar-refractivity contribution in [1.29, 1.82) is 0 Å². The van der Waals surface area contributed by atoms with Crippen molar-refractivity contribution < 1.29 is 23.3 Å². The molecule has 3 aromatic carbocycles. The van der Waals surface area contributed by atoms with E-state index in [0.717, 1.165) is 45.6 Å². The number of carbonyl (C=O) groups excluding carboxylic acids is 3. The van der Waals surface area contributed by atoms with E-state index in [1.165, 1.54) is 11.6 Å². The van der Waals surface area contributed by atoms with Crippen LogP contribution in [0.5, 0.6) is 0 Å². The Kier molecular flexibility index (Phi) is 11.6. The van der Waals surface area contributed by atoms with Crippen molar-refractivity contribution in [3.8, 4) is 11.3 Å². The summed E-state index contributed by atoms with van der Waals surface area (Å²) >= 11 is 0. The molecule has 2 aliphatic rings. The van der Waals surface area contributed by atoms with Gasteiger partial charge >= 0.3 is 0 Å². The minimum Gasteiger partial charge on any atom is -0.384 e. The Hall–Kier alpha value is -5.82. The average Bonchev–Trinajstić information content (AvgIpc) is 3.86. The van der Waals surface area contributed by atoms with Gasteiger partial charge in [-0.25, -0.2) is 9.38 Å². The van der Waals surface area contributed by atoms with Crippen LogP contribution in [0.4, 0.5) is 15.9 Å². The minimum absolute atomic E-state index is 0.0764. The van der Waals surface area contributed by atoms with Crippen molar-refractivity contribution in [2.45, 2.75) is 96.4 Å². The van der Waals surface area contributed by atoms with E-state index in [0.29, 0.717) is 56.1 Å². The number of ketones is 1. The van der Waals surface area contributed by atoms with Crippen LogP contribution >= 0.6 is 0 Å². The molecule has 4 N–H and O–H groups in total. The standard InChI is InChI=1S/C44H49FN8O4/c1-25(6-16-37(54)42-50-43(53-57-42)44(3,4)5)32-14-10-29(20-26(32)2)39-35-22-30(24-48-40(35)52-51-39)28-8-11-31(12-9-28)47-19-18-46-23-27-7-13-33(36(45)21-27)34-15-17-38(55)49-41(34)56/h7-14,20-21,24-25,30,34,46-47H,6,15-19,22-23H2,1-5H3,(H,51,52)(H,49,55,56)/t25-,30?,34?/m0/s1. The number of fused-ring (bicyclic) bond motifs is 1. The van der Waals surface area contributed by atoms with Crippen LogP contribution in [0.2, 0.25) is 0 Å². The van der Waals surface area contributed by atoms with Crippen LogP contribution in [-0.2, 0) is 28.0 Å². The lowest BCUT2D eigenvalue weighted by atomic mass is 9.87. The normalized spacial score (nSPS) is 17.3. The molecular formula is C44H49FN8O4. The summed E-state index contributed by atoms with van der Waals surface area (Å²) in [6.07, 6.45) is 4.26. The lowest BCUT2D eigenvalue weighted by Crippen LogP contribution is -2.39. The number of hydrogen-bond acceptors (Lipinski definition) is 10. The number of rotatable bonds is 14. The molecule has 0 spiro atoms. The number of Topliss-reactive ketones (excluding diaryl/α,β-unsaturated/α-hetero) is 1. The number of H-pyrrole nitrogens is 1. The topological polar surface area (TPSA) is 167 Å². The Morgan fingerprint density at radius 3 is 2.58 bits per heavy atom. The number of nitrogens with zero attached hydrogens (tertiary/aromatic N) is 4. The number of hydrogen-bond donors (Lipinski definition) is 4. The number of halogens is 1. The molecule has 2 aromatic heterocycles. The molecule has 296 valence electrons. The molecule has 7 rings (SSSR count). The van der Waals surface area contributed by atoms with Crippen LogP contribution in [0.1, 0.15) is 121 Å². The first-order chi connectivity index (χ1) is 27.3. The number of amides is 2. The molecule has 5 aromatic rings. The van der Waals surface area contributed by atoms with Crippen LogP contribution in [0.15, 0.2) is 70.2 Å². The van der Waals surface area contributed by atoms with E-state index in [1.54, 1.807) is 6.07 Å². The Balaban J connectivity index is 0.889. The van der Waals surface area contributed by atoms with Crippen molar-refractivity contribution in [2.24, 2.45) is 4.99 Å². The zero-order valence-corrected chi connectivity index (χ0v) is 33.0. The third-order valence-corrected chi connectivity index (χ3v) is 10.9. The summed E-state index contributed by atoms with van der Waals surface area (Å²) in [4.78, 5) is 45.5. The second-order valence-corrected chi connectivity index (χ2v) is 16.2. The molecule has 2 aliphatic heterocycles. The highest BCUT2D eigenvalue weighted by Gasteiger charge is 2.30. The second kappa shape index (κ2) is 16.7. The predicted molar refractivity (Wildman–Crippen MR) is 216 cm³/mol. The molecule has 0 bridgehead atoms. The van der Waals surface area contributed by atoms with Crippen LogP contribution in [0.3, 0.4) is 0 Å². The lowest BCUT2D eigenvalue weighted by molar-refractivity contribution is -0.134. The van der Waals surface area contributed by atoms with Gasteiger partial charge in [0, 0.05) is 72.4 Å². The van der Waals surface area contributed by atoms with E-state index in [2.05, 4.69) is 92.6 Å². The van der Waals surface area contributed by atoms with Gasteiger partial charge in [0.05, 0.1) is 11.6 Å². The summed E-state index contributed by atoms with van der Waals surface area (Å²) in [6, 6.07) is 19.7. The van der Waals surface area contributed by atoms with Gasteiger partial charge in [0.2, 0.25) is 17.6 Å². The predicted octanol–water partition coefficient (Wildman–Crippen LogP) is 7.74. The Morgan fingerprint density at radius 1 is 1.05 bits per heavy atom. The van der Waals surface area contributed by atoms with Crippen molar-refractivity contribution in [3.63, 3.8) is 0 Å². The van der Waals surface area contributed by atoms with Gasteiger partial charge in [-0.15, -0.1) is 0 Å². The quantitative estimate of drug-likeness (QED) is 0.0502. The molecule has 3 atom stereocenters. The SMILES string of the molecule is Cc1cc(-c2[nH]nc3c2CC(c2ccc(NCCNCc4ccc(C5CCC(=O)NC5=O)c(F)c4)cc2)C=N3)ccc1[C@@H](C)CCC(=O)c1nc(C(C)(C)C)no1. The number of aryl methyl sites for hydroxylation is 1. The molecule has 2 amide bonds. The van der Waals surface area contributed by atoms with Gasteiger partial charge < -0.3 is 15.2 Å². The van der Waals surface area contributed by atoms with E-state index in [-0.39, 0.29) is 41.3 Å². The summed E-state index contributed by atoms with van der Waals surface area (Å²) in [5, 5.41) is 20.8. The highest BCUT2D eigenvalue weighted by atomic mass is 19.1. The Labute approximate surface area is 331 Å². The van der Waals surface area contributed by atoms with Crippen molar-refractivity contribution >= 4 is 35.3 Å². The molecule has 4 heterocycles. The van der Waals surface area contributed by atoms with Crippen molar-refractivity contribution in [3.05, 3.63) is 112 Å². The molecule has 12 nitrogen and oxygen atoms in total. The zero-order valence-electron chi connectivity index (χ0n) is 33.0. The fourth-order valence-electron chi connectivity index (χ4n) is 7.50. The maximum atomic E-state index is 14.8. The molecule has 0 saturated carbocycles. The van der Waals surface area contributed by atoms with E-state index in [4.69, 9.17) is 9.52 Å². The molecule has 0 aliphatic carbocycles. The number of carbonyl (C=O) groups is 3. The van der Waals surface area contributed by atoms with Crippen molar-refractivity contribution in [1.82, 2.24) is 31.0 Å². The van der Waals surface area contributed by atoms with E-state index in [1.807, 2.05) is 33.1 Å². The molecule has 1 fully saturated rings. The maximum absolute atomic E-state index is 14.8. The maximum Gasteiger partial charge on any atom is 0.294 e. The number of piperidine rings is 1. The number of imide groups is 1. The number of aliphatic imine (C=N–C) groups is 1. The number of benzene rings is 3. The van der Waals surface area contributed by atoms with Gasteiger partial charge in [0.1, 0.15) is 5.82 Å². The van der Waals surface area contributed by atoms with Gasteiger partial charge in [-0.3, -0.25) is 24.8 Å². The van der Waals surface area contributed by atoms with E-state index >= 15 is 0 Å². The van der Waals surface area contributed by atoms with Gasteiger partial charge in [-0.1, -0.05) is 69.2 Å². The van der Waals surface area contributed by atoms with Crippen LogP contribution in [-0.4, -0.2) is 57.2 Å². The highest BCUT2D eigenvalue weighted by Crippen LogP contribution is 2.38. The van der Waals surface area contributed by atoms with Crippen LogP contribution < -0.4 is 16.0 Å². The summed E-state index contributed by atoms with van der Waals surface area (Å²) in [7, 11) is 0. The monoisotopic (exact) mass is 772 g/mol. The van der Waals surface area contributed by atoms with Crippen LogP contribution in [0, 0.1) is 12.7 Å². The van der Waals surface area contributed by atoms with Gasteiger partial charge in [0.15, 0.2) is 11.6 Å². The molecule has 2 unspecified atom stereocenters. The van der Waals surface area contributed by atoms with Crippen molar-refractivity contribution in [2.75, 3.05) is 18.4 Å². The van der Waals surface area contributed by atoms with E-state index < -0.39 is 17.6 Å². The third-order valence-electron chi connectivity index (χ3n) is 10.9. The summed E-state index contributed by atoms with van der Waals surface area (Å²) in [5.74, 6) is -0.379. The molecular weight excluding hydrogens is 724 g/mol. The lowest BCUT2D eigenvalue weighted by Gasteiger charge is -2.21. The van der Waals surface area contributed by atoms with E-state index in [9.17, 15) is 18.8 Å². The van der Waals surface area contributed by atoms with Gasteiger partial charge in [-0.2, -0.15) is 10.1 Å². The highest BCUT2D eigenvalue weighted by molar-refractivity contribution is 6.01. The average molecular weight is 773 g/mol. The number of aromatic nitrogens is 4. The Morgan fingerprint density at radius 2 is 1.86 bits per heavy atom. The smallest absolute Gasteiger partial charge is 0.294 e. The number of anilines is 1. The summed E-state index contributed by atoms with van der Waals surface area (Å²) in [5.41, 5.74) is 8.42. The largest absolute Gasteiger partial charge is 0.384 e. The summed E-state index contributed by atoms with van der Waals surface area (Å²) < 4.78 is 20.1. The first kappa shape index (κ1) is 39.4. The zero-order chi connectivity index (χ0) is 40.3. The summed E-state index contributed by atoms with van der Waals surface area (Å²) in [6.45, 7) is 12.0. The first-order valence-corrected chi connectivity index (χ1v) is 19.6. The fourth-order valence-corrected chi connectivity index (χ4v) is 7.50. The first-order valence-electron chi connectivity index (χ1n) is 19.6. The van der Waals surface area contributed by atoms with Gasteiger partial charge in [-0.05, 0) is 78.6 Å². The number of nitrogens with one attached hydrogen (secondary N) is 4. The second-order valence-electron chi connectivity index (χ2n) is 16.2. The molecule has 0 radical (unpaired) electrons. The molecule has 1 saturated heterocycles. The minimum atomic E-state index is -0.639. The Bertz CT molecular complexity index is 2310. The molecule has 13 heteroatoms. The fraction of sp³-hybridized carbons (Fsp3) is 0.386. The third kappa shape index (κ3) is 9.09. The van der Waals surface area contributed by atoms with Gasteiger partial charge in [0.25, 0.3) is 5.89 Å². The number of aromatic amines is 1. The molecule has 57 heavy (non-hydrogen) atoms.